The van der Waals surface area contributed by atoms with E-state index in [2.05, 4.69) is 5.32 Å². The SMILES string of the molecule is NCc1cc(F)ccc1[C@H]1CNCCN1C(=O)N1CC=CCC1c1cc(C(F)(F)F)cc(C(F)(F)F)c1. The van der Waals surface area contributed by atoms with Gasteiger partial charge in [0.2, 0.25) is 0 Å². The Morgan fingerprint density at radius 2 is 1.62 bits per heavy atom. The molecule has 2 aliphatic heterocycles. The minimum absolute atomic E-state index is 0.00487. The van der Waals surface area contributed by atoms with Gasteiger partial charge >= 0.3 is 18.4 Å². The van der Waals surface area contributed by atoms with E-state index in [1.165, 1.54) is 28.0 Å². The molecule has 3 N–H and O–H groups in total. The van der Waals surface area contributed by atoms with Crippen molar-refractivity contribution in [3.05, 3.63) is 82.2 Å². The van der Waals surface area contributed by atoms with Gasteiger partial charge in [-0.3, -0.25) is 0 Å². The highest BCUT2D eigenvalue weighted by atomic mass is 19.4. The van der Waals surface area contributed by atoms with Crippen molar-refractivity contribution >= 4 is 6.03 Å². The maximum absolute atomic E-state index is 13.8. The van der Waals surface area contributed by atoms with Gasteiger partial charge in [-0.15, -0.1) is 0 Å². The lowest BCUT2D eigenvalue weighted by molar-refractivity contribution is -0.143. The average molecular weight is 530 g/mol. The van der Waals surface area contributed by atoms with E-state index in [0.29, 0.717) is 36.3 Å². The Bertz CT molecular complexity index is 1150. The summed E-state index contributed by atoms with van der Waals surface area (Å²) in [4.78, 5) is 16.6. The van der Waals surface area contributed by atoms with Crippen molar-refractivity contribution in [3.8, 4) is 0 Å². The summed E-state index contributed by atoms with van der Waals surface area (Å²) in [5.41, 5.74) is 3.79. The van der Waals surface area contributed by atoms with E-state index in [1.807, 2.05) is 0 Å². The number of hydrogen-bond donors (Lipinski definition) is 2. The highest BCUT2D eigenvalue weighted by molar-refractivity contribution is 5.76. The van der Waals surface area contributed by atoms with E-state index in [1.54, 1.807) is 12.2 Å². The third-order valence-corrected chi connectivity index (χ3v) is 6.62. The van der Waals surface area contributed by atoms with Gasteiger partial charge in [0.25, 0.3) is 0 Å². The summed E-state index contributed by atoms with van der Waals surface area (Å²) >= 11 is 0. The zero-order chi connectivity index (χ0) is 27.0. The van der Waals surface area contributed by atoms with Gasteiger partial charge in [-0.1, -0.05) is 18.2 Å². The number of carbonyl (C=O) groups excluding carboxylic acids is 1. The molecular weight excluding hydrogens is 505 g/mol. The minimum Gasteiger partial charge on any atom is -0.326 e. The Kier molecular flexibility index (Phi) is 7.52. The van der Waals surface area contributed by atoms with Crippen LogP contribution in [-0.2, 0) is 18.9 Å². The number of nitrogens with two attached hydrogens (primary N) is 1. The van der Waals surface area contributed by atoms with Crippen LogP contribution in [0.5, 0.6) is 0 Å². The molecule has 0 saturated carbocycles. The first-order chi connectivity index (χ1) is 17.4. The van der Waals surface area contributed by atoms with Crippen LogP contribution in [0.2, 0.25) is 0 Å². The summed E-state index contributed by atoms with van der Waals surface area (Å²) in [7, 11) is 0. The van der Waals surface area contributed by atoms with Crippen LogP contribution in [0, 0.1) is 5.82 Å². The maximum Gasteiger partial charge on any atom is 0.416 e. The molecule has 0 bridgehead atoms. The fourth-order valence-electron chi connectivity index (χ4n) is 4.82. The molecule has 2 atom stereocenters. The average Bonchev–Trinajstić information content (AvgIpc) is 2.87. The first-order valence-electron chi connectivity index (χ1n) is 11.6. The summed E-state index contributed by atoms with van der Waals surface area (Å²) in [6.07, 6.45) is -6.68. The third-order valence-electron chi connectivity index (χ3n) is 6.62. The Balaban J connectivity index is 1.72. The van der Waals surface area contributed by atoms with Crippen molar-refractivity contribution in [2.75, 3.05) is 26.2 Å². The normalized spacial score (nSPS) is 20.9. The van der Waals surface area contributed by atoms with E-state index < -0.39 is 47.4 Å². The van der Waals surface area contributed by atoms with E-state index >= 15 is 0 Å². The number of alkyl halides is 6. The molecule has 5 nitrogen and oxygen atoms in total. The number of nitrogens with zero attached hydrogens (tertiary/aromatic N) is 2. The van der Waals surface area contributed by atoms with Crippen LogP contribution < -0.4 is 11.1 Å². The molecule has 2 aromatic rings. The van der Waals surface area contributed by atoms with Crippen LogP contribution in [-0.4, -0.2) is 42.0 Å². The summed E-state index contributed by atoms with van der Waals surface area (Å²) in [5.74, 6) is -0.489. The van der Waals surface area contributed by atoms with E-state index in [-0.39, 0.29) is 37.7 Å². The first-order valence-corrected chi connectivity index (χ1v) is 11.6. The van der Waals surface area contributed by atoms with Gasteiger partial charge in [-0.05, 0) is 53.4 Å². The van der Waals surface area contributed by atoms with Gasteiger partial charge in [0.15, 0.2) is 0 Å². The van der Waals surface area contributed by atoms with Gasteiger partial charge in [0, 0.05) is 32.7 Å². The predicted molar refractivity (Wildman–Crippen MR) is 122 cm³/mol. The lowest BCUT2D eigenvalue weighted by atomic mass is 9.94. The zero-order valence-corrected chi connectivity index (χ0v) is 19.5. The Labute approximate surface area is 208 Å². The molecule has 2 amide bonds. The summed E-state index contributed by atoms with van der Waals surface area (Å²) < 4.78 is 94.6. The van der Waals surface area contributed by atoms with Crippen LogP contribution in [0.4, 0.5) is 35.5 Å². The number of amides is 2. The van der Waals surface area contributed by atoms with Crippen LogP contribution in [0.25, 0.3) is 0 Å². The molecule has 0 spiro atoms. The molecule has 4 rings (SSSR count). The molecule has 1 unspecified atom stereocenters. The molecule has 200 valence electrons. The van der Waals surface area contributed by atoms with Crippen LogP contribution in [0.3, 0.4) is 0 Å². The Hall–Kier alpha value is -3.12. The molecule has 2 aromatic carbocycles. The van der Waals surface area contributed by atoms with E-state index in [0.717, 1.165) is 0 Å². The highest BCUT2D eigenvalue weighted by Gasteiger charge is 2.40. The molecule has 1 fully saturated rings. The number of halogens is 7. The van der Waals surface area contributed by atoms with Crippen molar-refractivity contribution in [3.63, 3.8) is 0 Å². The molecular formula is C25H25F7N4O. The topological polar surface area (TPSA) is 61.6 Å². The number of urea groups is 1. The number of hydrogen-bond acceptors (Lipinski definition) is 3. The standard InChI is InChI=1S/C25H25F7N4O/c26-19-4-5-20(16(11-19)13-33)22-14-34-6-8-36(22)23(37)35-7-2-1-3-21(35)15-9-17(24(27,28)29)12-18(10-15)25(30,31)32/h1-2,4-5,9-12,21-22,34H,3,6-8,13-14,33H2/t21?,22-/m1/s1. The van der Waals surface area contributed by atoms with Crippen molar-refractivity contribution in [2.24, 2.45) is 5.73 Å². The molecule has 2 heterocycles. The number of piperazine rings is 1. The third kappa shape index (κ3) is 5.74. The van der Waals surface area contributed by atoms with E-state index in [9.17, 15) is 35.5 Å². The van der Waals surface area contributed by atoms with Gasteiger partial charge in [-0.2, -0.15) is 26.3 Å². The molecule has 1 saturated heterocycles. The molecule has 0 radical (unpaired) electrons. The molecule has 12 heteroatoms. The fourth-order valence-corrected chi connectivity index (χ4v) is 4.82. The molecule has 2 aliphatic rings. The number of carbonyl (C=O) groups is 1. The van der Waals surface area contributed by atoms with Crippen LogP contribution >= 0.6 is 0 Å². The van der Waals surface area contributed by atoms with Crippen molar-refractivity contribution in [1.29, 1.82) is 0 Å². The summed E-state index contributed by atoms with van der Waals surface area (Å²) in [5, 5.41) is 3.17. The largest absolute Gasteiger partial charge is 0.416 e. The second kappa shape index (κ2) is 10.3. The fraction of sp³-hybridized carbons (Fsp3) is 0.400. The Morgan fingerprint density at radius 1 is 0.946 bits per heavy atom. The van der Waals surface area contributed by atoms with Crippen molar-refractivity contribution in [1.82, 2.24) is 15.1 Å². The first kappa shape index (κ1) is 26.9. The van der Waals surface area contributed by atoms with Crippen LogP contribution in [0.15, 0.2) is 48.6 Å². The summed E-state index contributed by atoms with van der Waals surface area (Å²) in [6.45, 7) is 1.00. The quantitative estimate of drug-likeness (QED) is 0.413. The van der Waals surface area contributed by atoms with Crippen molar-refractivity contribution in [2.45, 2.75) is 37.4 Å². The smallest absolute Gasteiger partial charge is 0.326 e. The monoisotopic (exact) mass is 530 g/mol. The minimum atomic E-state index is -5.00. The highest BCUT2D eigenvalue weighted by Crippen LogP contribution is 2.40. The van der Waals surface area contributed by atoms with E-state index in [4.69, 9.17) is 5.73 Å². The molecule has 0 aliphatic carbocycles. The van der Waals surface area contributed by atoms with Crippen LogP contribution in [0.1, 0.15) is 46.3 Å². The lowest BCUT2D eigenvalue weighted by Crippen LogP contribution is -2.54. The maximum atomic E-state index is 13.8. The lowest BCUT2D eigenvalue weighted by Gasteiger charge is -2.43. The number of rotatable bonds is 3. The predicted octanol–water partition coefficient (Wildman–Crippen LogP) is 5.39. The Morgan fingerprint density at radius 3 is 2.24 bits per heavy atom. The van der Waals surface area contributed by atoms with Gasteiger partial charge < -0.3 is 20.9 Å². The zero-order valence-electron chi connectivity index (χ0n) is 19.5. The second-order valence-corrected chi connectivity index (χ2v) is 8.96. The number of nitrogens with one attached hydrogen (secondary N) is 1. The van der Waals surface area contributed by atoms with Gasteiger partial charge in [-0.25, -0.2) is 9.18 Å². The second-order valence-electron chi connectivity index (χ2n) is 8.96. The summed E-state index contributed by atoms with van der Waals surface area (Å²) in [6, 6.07) is 3.33. The van der Waals surface area contributed by atoms with Gasteiger partial charge in [0.05, 0.1) is 23.2 Å². The number of benzene rings is 2. The van der Waals surface area contributed by atoms with Gasteiger partial charge in [0.1, 0.15) is 5.82 Å². The molecule has 37 heavy (non-hydrogen) atoms. The molecule has 0 aromatic heterocycles. The van der Waals surface area contributed by atoms with Crippen molar-refractivity contribution < 1.29 is 35.5 Å².